The Kier molecular flexibility index (Phi) is 5.08. The third-order valence-electron chi connectivity index (χ3n) is 3.66. The van der Waals surface area contributed by atoms with E-state index in [0.717, 1.165) is 11.1 Å². The largest absolute Gasteiger partial charge is 0.309 e. The number of amides is 1. The third kappa shape index (κ3) is 3.68. The molecule has 122 valence electrons. The second-order valence-electron chi connectivity index (χ2n) is 5.30. The van der Waals surface area contributed by atoms with Crippen molar-refractivity contribution in [3.05, 3.63) is 72.3 Å². The molecule has 0 saturated carbocycles. The first-order valence-electron chi connectivity index (χ1n) is 7.64. The van der Waals surface area contributed by atoms with Gasteiger partial charge in [0.15, 0.2) is 5.82 Å². The maximum Gasteiger partial charge on any atom is 0.240 e. The van der Waals surface area contributed by atoms with E-state index in [9.17, 15) is 10.1 Å². The Bertz CT molecular complexity index is 934. The van der Waals surface area contributed by atoms with E-state index in [1.807, 2.05) is 66.7 Å². The van der Waals surface area contributed by atoms with Gasteiger partial charge in [0.05, 0.1) is 5.69 Å². The number of pyridine rings is 1. The summed E-state index contributed by atoms with van der Waals surface area (Å²) in [4.78, 5) is 16.2. The van der Waals surface area contributed by atoms with Crippen LogP contribution in [0.1, 0.15) is 5.56 Å². The fourth-order valence-corrected chi connectivity index (χ4v) is 2.58. The SMILES string of the molecule is N#Cc1c(-c2ccccc2)cc(-c2ccccc2)nc1NC(=O)CCl. The zero-order valence-corrected chi connectivity index (χ0v) is 14.0. The molecule has 3 aromatic rings. The average Bonchev–Trinajstić information content (AvgIpc) is 2.68. The number of carbonyl (C=O) groups is 1. The molecule has 0 saturated heterocycles. The minimum Gasteiger partial charge on any atom is -0.309 e. The number of anilines is 1. The van der Waals surface area contributed by atoms with Crippen LogP contribution in [0.4, 0.5) is 5.82 Å². The molecular weight excluding hydrogens is 334 g/mol. The minimum atomic E-state index is -0.408. The lowest BCUT2D eigenvalue weighted by Gasteiger charge is -2.13. The van der Waals surface area contributed by atoms with Crippen molar-refractivity contribution in [2.75, 3.05) is 11.2 Å². The Morgan fingerprint density at radius 1 is 1.04 bits per heavy atom. The quantitative estimate of drug-likeness (QED) is 0.708. The van der Waals surface area contributed by atoms with Gasteiger partial charge in [-0.15, -0.1) is 11.6 Å². The van der Waals surface area contributed by atoms with Crippen LogP contribution >= 0.6 is 11.6 Å². The van der Waals surface area contributed by atoms with Crippen molar-refractivity contribution >= 4 is 23.3 Å². The van der Waals surface area contributed by atoms with E-state index in [4.69, 9.17) is 11.6 Å². The van der Waals surface area contributed by atoms with Crippen molar-refractivity contribution in [1.29, 1.82) is 5.26 Å². The van der Waals surface area contributed by atoms with E-state index in [-0.39, 0.29) is 11.7 Å². The normalized spacial score (nSPS) is 10.1. The van der Waals surface area contributed by atoms with Gasteiger partial charge in [0, 0.05) is 11.1 Å². The molecular formula is C20H14ClN3O. The van der Waals surface area contributed by atoms with E-state index in [2.05, 4.69) is 16.4 Å². The molecule has 3 rings (SSSR count). The number of benzene rings is 2. The predicted octanol–water partition coefficient (Wildman–Crippen LogP) is 4.46. The van der Waals surface area contributed by atoms with Crippen LogP contribution in [0, 0.1) is 11.3 Å². The molecule has 4 nitrogen and oxygen atoms in total. The van der Waals surface area contributed by atoms with Gasteiger partial charge in [-0.2, -0.15) is 5.26 Å². The molecule has 0 unspecified atom stereocenters. The van der Waals surface area contributed by atoms with Crippen LogP contribution in [0.5, 0.6) is 0 Å². The number of nitrogens with one attached hydrogen (secondary N) is 1. The molecule has 25 heavy (non-hydrogen) atoms. The number of hydrogen-bond donors (Lipinski definition) is 1. The van der Waals surface area contributed by atoms with Gasteiger partial charge in [0.1, 0.15) is 17.5 Å². The zero-order chi connectivity index (χ0) is 17.6. The third-order valence-corrected chi connectivity index (χ3v) is 3.91. The molecule has 0 aliphatic rings. The van der Waals surface area contributed by atoms with Crippen molar-refractivity contribution in [3.8, 4) is 28.5 Å². The standard InChI is InChI=1S/C20H14ClN3O/c21-12-19(25)24-20-17(13-22)16(14-7-3-1-4-8-14)11-18(23-20)15-9-5-2-6-10-15/h1-11H,12H2,(H,23,24,25). The highest BCUT2D eigenvalue weighted by Crippen LogP contribution is 2.32. The summed E-state index contributed by atoms with van der Waals surface area (Å²) in [5.74, 6) is -0.397. The van der Waals surface area contributed by atoms with Crippen LogP contribution in [-0.2, 0) is 4.79 Å². The van der Waals surface area contributed by atoms with Crippen molar-refractivity contribution in [1.82, 2.24) is 4.98 Å². The molecule has 0 aliphatic carbocycles. The van der Waals surface area contributed by atoms with Crippen molar-refractivity contribution in [2.45, 2.75) is 0 Å². The summed E-state index contributed by atoms with van der Waals surface area (Å²) in [6.45, 7) is 0. The summed E-state index contributed by atoms with van der Waals surface area (Å²) in [5.41, 5.74) is 3.46. The summed E-state index contributed by atoms with van der Waals surface area (Å²) in [7, 11) is 0. The summed E-state index contributed by atoms with van der Waals surface area (Å²) >= 11 is 5.59. The number of aromatic nitrogens is 1. The molecule has 0 bridgehead atoms. The zero-order valence-electron chi connectivity index (χ0n) is 13.2. The molecule has 1 amide bonds. The van der Waals surface area contributed by atoms with Crippen LogP contribution in [-0.4, -0.2) is 16.8 Å². The van der Waals surface area contributed by atoms with E-state index >= 15 is 0 Å². The Morgan fingerprint density at radius 2 is 1.64 bits per heavy atom. The van der Waals surface area contributed by atoms with E-state index in [0.29, 0.717) is 16.8 Å². The van der Waals surface area contributed by atoms with Crippen molar-refractivity contribution < 1.29 is 4.79 Å². The second kappa shape index (κ2) is 7.61. The Balaban J connectivity index is 2.24. The van der Waals surface area contributed by atoms with Gasteiger partial charge in [-0.25, -0.2) is 4.98 Å². The van der Waals surface area contributed by atoms with Gasteiger partial charge in [-0.3, -0.25) is 4.79 Å². The minimum absolute atomic E-state index is 0.206. The van der Waals surface area contributed by atoms with E-state index in [1.165, 1.54) is 0 Å². The van der Waals surface area contributed by atoms with Gasteiger partial charge < -0.3 is 5.32 Å². The van der Waals surface area contributed by atoms with Crippen LogP contribution in [0.2, 0.25) is 0 Å². The summed E-state index contributed by atoms with van der Waals surface area (Å²) in [5, 5.41) is 12.3. The molecule has 0 spiro atoms. The van der Waals surface area contributed by atoms with Crippen molar-refractivity contribution in [2.24, 2.45) is 0 Å². The van der Waals surface area contributed by atoms with E-state index in [1.54, 1.807) is 0 Å². The van der Waals surface area contributed by atoms with Gasteiger partial charge in [0.25, 0.3) is 0 Å². The molecule has 0 fully saturated rings. The first-order valence-corrected chi connectivity index (χ1v) is 8.18. The molecule has 1 aromatic heterocycles. The monoisotopic (exact) mass is 347 g/mol. The van der Waals surface area contributed by atoms with Crippen molar-refractivity contribution in [3.63, 3.8) is 0 Å². The number of carbonyl (C=O) groups excluding carboxylic acids is 1. The lowest BCUT2D eigenvalue weighted by Crippen LogP contribution is -2.15. The number of nitrogens with zero attached hydrogens (tertiary/aromatic N) is 2. The first-order chi connectivity index (χ1) is 12.2. The Morgan fingerprint density at radius 3 is 2.20 bits per heavy atom. The fourth-order valence-electron chi connectivity index (χ4n) is 2.52. The molecule has 1 heterocycles. The lowest BCUT2D eigenvalue weighted by molar-refractivity contribution is -0.113. The Labute approximate surface area is 150 Å². The topological polar surface area (TPSA) is 65.8 Å². The highest BCUT2D eigenvalue weighted by Gasteiger charge is 2.16. The number of rotatable bonds is 4. The average molecular weight is 348 g/mol. The number of nitriles is 1. The molecule has 0 radical (unpaired) electrons. The number of alkyl halides is 1. The summed E-state index contributed by atoms with van der Waals surface area (Å²) in [6, 6.07) is 23.1. The second-order valence-corrected chi connectivity index (χ2v) is 5.57. The van der Waals surface area contributed by atoms with Crippen LogP contribution < -0.4 is 5.32 Å². The lowest BCUT2D eigenvalue weighted by atomic mass is 9.98. The van der Waals surface area contributed by atoms with Gasteiger partial charge in [0.2, 0.25) is 5.91 Å². The molecule has 2 aromatic carbocycles. The summed E-state index contributed by atoms with van der Waals surface area (Å²) < 4.78 is 0. The molecule has 5 heteroatoms. The van der Waals surface area contributed by atoms with Gasteiger partial charge in [-0.1, -0.05) is 60.7 Å². The number of halogens is 1. The molecule has 0 aliphatic heterocycles. The van der Waals surface area contributed by atoms with Crippen LogP contribution in [0.25, 0.3) is 22.4 Å². The maximum absolute atomic E-state index is 11.8. The maximum atomic E-state index is 11.8. The van der Waals surface area contributed by atoms with Gasteiger partial charge >= 0.3 is 0 Å². The predicted molar refractivity (Wildman–Crippen MR) is 99.2 cm³/mol. The van der Waals surface area contributed by atoms with Crippen LogP contribution in [0.15, 0.2) is 66.7 Å². The van der Waals surface area contributed by atoms with Gasteiger partial charge in [-0.05, 0) is 11.6 Å². The number of hydrogen-bond acceptors (Lipinski definition) is 3. The fraction of sp³-hybridized carbons (Fsp3) is 0.0500. The highest BCUT2D eigenvalue weighted by atomic mass is 35.5. The molecule has 0 atom stereocenters. The highest BCUT2D eigenvalue weighted by molar-refractivity contribution is 6.29. The smallest absolute Gasteiger partial charge is 0.240 e. The summed E-state index contributed by atoms with van der Waals surface area (Å²) in [6.07, 6.45) is 0. The first kappa shape index (κ1) is 16.7. The van der Waals surface area contributed by atoms with Crippen LogP contribution in [0.3, 0.4) is 0 Å². The van der Waals surface area contributed by atoms with E-state index < -0.39 is 5.91 Å². The Hall–Kier alpha value is -3.16. The molecule has 1 N–H and O–H groups in total.